The molecule has 0 saturated carbocycles. The molecule has 2 aromatic rings. The molecule has 8 heteroatoms. The van der Waals surface area contributed by atoms with Crippen LogP contribution in [-0.4, -0.2) is 33.8 Å². The molecule has 0 atom stereocenters. The molecule has 0 radical (unpaired) electrons. The average molecular weight is 346 g/mol. The van der Waals surface area contributed by atoms with Gasteiger partial charge in [0.05, 0.1) is 10.6 Å². The van der Waals surface area contributed by atoms with Gasteiger partial charge in [-0.05, 0) is 32.0 Å². The van der Waals surface area contributed by atoms with Gasteiger partial charge in [-0.3, -0.25) is 25.1 Å². The summed E-state index contributed by atoms with van der Waals surface area (Å²) < 4.78 is 0. The van der Waals surface area contributed by atoms with Gasteiger partial charge in [-0.2, -0.15) is 0 Å². The second-order valence-electron chi connectivity index (χ2n) is 5.71. The number of nitro benzene ring substituents is 1. The fourth-order valence-corrected chi connectivity index (χ4v) is 3.47. The number of hydrogen-bond donors (Lipinski definition) is 1. The minimum Gasteiger partial charge on any atom is -0.298 e. The Morgan fingerprint density at radius 3 is 2.79 bits per heavy atom. The number of carbonyl (C=O) groups is 1. The van der Waals surface area contributed by atoms with E-state index >= 15 is 0 Å². The van der Waals surface area contributed by atoms with Crippen LogP contribution in [0.4, 0.5) is 10.8 Å². The highest BCUT2D eigenvalue weighted by molar-refractivity contribution is 7.14. The second kappa shape index (κ2) is 7.50. The Hall–Kier alpha value is -2.32. The molecule has 1 aromatic carbocycles. The number of amides is 1. The van der Waals surface area contributed by atoms with Crippen molar-refractivity contribution in [2.75, 3.05) is 18.4 Å². The largest absolute Gasteiger partial charge is 0.298 e. The lowest BCUT2D eigenvalue weighted by molar-refractivity contribution is -0.385. The number of nitrogens with zero attached hydrogens (tertiary/aromatic N) is 3. The van der Waals surface area contributed by atoms with E-state index in [1.165, 1.54) is 48.8 Å². The van der Waals surface area contributed by atoms with E-state index in [1.54, 1.807) is 6.07 Å². The summed E-state index contributed by atoms with van der Waals surface area (Å²) >= 11 is 1.34. The highest BCUT2D eigenvalue weighted by atomic mass is 32.1. The maximum absolute atomic E-state index is 12.3. The third kappa shape index (κ3) is 3.95. The molecule has 1 fully saturated rings. The number of para-hydroxylation sites is 1. The van der Waals surface area contributed by atoms with Crippen molar-refractivity contribution in [1.82, 2.24) is 9.88 Å². The number of benzene rings is 1. The number of nitro groups is 1. The number of piperidine rings is 1. The van der Waals surface area contributed by atoms with Gasteiger partial charge in [-0.25, -0.2) is 4.98 Å². The van der Waals surface area contributed by atoms with Crippen LogP contribution in [0.15, 0.2) is 29.6 Å². The molecule has 3 rings (SSSR count). The quantitative estimate of drug-likeness (QED) is 0.663. The Morgan fingerprint density at radius 1 is 1.29 bits per heavy atom. The van der Waals surface area contributed by atoms with Gasteiger partial charge in [0, 0.05) is 18.0 Å². The van der Waals surface area contributed by atoms with Crippen molar-refractivity contribution in [3.8, 4) is 0 Å². The molecule has 2 heterocycles. The zero-order valence-corrected chi connectivity index (χ0v) is 13.9. The van der Waals surface area contributed by atoms with Crippen LogP contribution < -0.4 is 5.32 Å². The highest BCUT2D eigenvalue weighted by Crippen LogP contribution is 2.22. The first-order valence-electron chi connectivity index (χ1n) is 7.85. The van der Waals surface area contributed by atoms with Gasteiger partial charge in [-0.15, -0.1) is 11.3 Å². The molecule has 1 amide bonds. The van der Waals surface area contributed by atoms with E-state index in [0.29, 0.717) is 5.13 Å². The van der Waals surface area contributed by atoms with Crippen LogP contribution in [0.3, 0.4) is 0 Å². The van der Waals surface area contributed by atoms with E-state index in [4.69, 9.17) is 0 Å². The Kier molecular flexibility index (Phi) is 5.17. The van der Waals surface area contributed by atoms with Gasteiger partial charge < -0.3 is 0 Å². The fraction of sp³-hybridized carbons (Fsp3) is 0.375. The van der Waals surface area contributed by atoms with E-state index in [0.717, 1.165) is 25.3 Å². The zero-order chi connectivity index (χ0) is 16.9. The van der Waals surface area contributed by atoms with E-state index in [1.807, 2.05) is 5.38 Å². The Morgan fingerprint density at radius 2 is 2.04 bits per heavy atom. The summed E-state index contributed by atoms with van der Waals surface area (Å²) in [6, 6.07) is 5.90. The molecule has 1 N–H and O–H groups in total. The van der Waals surface area contributed by atoms with Gasteiger partial charge in [-0.1, -0.05) is 18.6 Å². The third-order valence-electron chi connectivity index (χ3n) is 3.95. The molecule has 0 bridgehead atoms. The molecule has 1 aliphatic rings. The Labute approximate surface area is 143 Å². The molecule has 1 saturated heterocycles. The molecule has 24 heavy (non-hydrogen) atoms. The number of aromatic nitrogens is 1. The average Bonchev–Trinajstić information content (AvgIpc) is 3.02. The molecule has 0 aliphatic carbocycles. The number of carbonyl (C=O) groups excluding carboxylic acids is 1. The molecule has 1 aromatic heterocycles. The lowest BCUT2D eigenvalue weighted by Gasteiger charge is -2.25. The summed E-state index contributed by atoms with van der Waals surface area (Å²) in [5, 5.41) is 16.1. The van der Waals surface area contributed by atoms with Crippen molar-refractivity contribution in [2.45, 2.75) is 25.8 Å². The topological polar surface area (TPSA) is 88.4 Å². The monoisotopic (exact) mass is 346 g/mol. The number of thiazole rings is 1. The lowest BCUT2D eigenvalue weighted by atomic mass is 10.1. The molecular weight excluding hydrogens is 328 g/mol. The van der Waals surface area contributed by atoms with E-state index < -0.39 is 10.8 Å². The smallest absolute Gasteiger partial charge is 0.282 e. The summed E-state index contributed by atoms with van der Waals surface area (Å²) in [7, 11) is 0. The summed E-state index contributed by atoms with van der Waals surface area (Å²) in [5.74, 6) is -0.513. The first-order valence-corrected chi connectivity index (χ1v) is 8.73. The van der Waals surface area contributed by atoms with Crippen LogP contribution >= 0.6 is 11.3 Å². The fourth-order valence-electron chi connectivity index (χ4n) is 2.77. The molecular formula is C16H18N4O3S. The van der Waals surface area contributed by atoms with Crippen molar-refractivity contribution in [3.05, 3.63) is 51.0 Å². The van der Waals surface area contributed by atoms with Gasteiger partial charge >= 0.3 is 0 Å². The lowest BCUT2D eigenvalue weighted by Crippen LogP contribution is -2.29. The van der Waals surface area contributed by atoms with E-state index in [-0.39, 0.29) is 11.3 Å². The maximum Gasteiger partial charge on any atom is 0.282 e. The Balaban J connectivity index is 1.66. The van der Waals surface area contributed by atoms with Crippen LogP contribution in [0, 0.1) is 10.1 Å². The first kappa shape index (κ1) is 16.5. The maximum atomic E-state index is 12.3. The van der Waals surface area contributed by atoms with Crippen molar-refractivity contribution in [1.29, 1.82) is 0 Å². The van der Waals surface area contributed by atoms with Crippen LogP contribution in [0.1, 0.15) is 35.3 Å². The van der Waals surface area contributed by atoms with Gasteiger partial charge in [0.1, 0.15) is 5.56 Å². The van der Waals surface area contributed by atoms with Gasteiger partial charge in [0.2, 0.25) is 0 Å². The van der Waals surface area contributed by atoms with Crippen LogP contribution in [0.5, 0.6) is 0 Å². The van der Waals surface area contributed by atoms with Crippen LogP contribution in [0.2, 0.25) is 0 Å². The normalized spacial score (nSPS) is 15.2. The van der Waals surface area contributed by atoms with Crippen molar-refractivity contribution in [3.63, 3.8) is 0 Å². The minimum atomic E-state index is -0.557. The summed E-state index contributed by atoms with van der Waals surface area (Å²) in [6.07, 6.45) is 3.71. The third-order valence-corrected chi connectivity index (χ3v) is 4.76. The highest BCUT2D eigenvalue weighted by Gasteiger charge is 2.20. The molecule has 0 unspecified atom stereocenters. The number of hydrogen-bond acceptors (Lipinski definition) is 6. The van der Waals surface area contributed by atoms with Crippen molar-refractivity contribution < 1.29 is 9.72 Å². The molecule has 1 aliphatic heterocycles. The number of nitrogens with one attached hydrogen (secondary N) is 1. The number of anilines is 1. The van der Waals surface area contributed by atoms with Crippen molar-refractivity contribution in [2.24, 2.45) is 0 Å². The second-order valence-corrected chi connectivity index (χ2v) is 6.57. The van der Waals surface area contributed by atoms with Crippen LogP contribution in [0.25, 0.3) is 0 Å². The molecule has 7 nitrogen and oxygen atoms in total. The standard InChI is InChI=1S/C16H18N4O3S/c21-15(13-6-2-3-7-14(13)20(22)23)18-16-17-12(11-24-16)10-19-8-4-1-5-9-19/h2-3,6-7,11H,1,4-5,8-10H2,(H,17,18,21). The summed E-state index contributed by atoms with van der Waals surface area (Å²) in [6.45, 7) is 2.93. The Bertz CT molecular complexity index is 740. The number of rotatable bonds is 5. The first-order chi connectivity index (χ1) is 11.6. The van der Waals surface area contributed by atoms with E-state index in [9.17, 15) is 14.9 Å². The van der Waals surface area contributed by atoms with E-state index in [2.05, 4.69) is 15.2 Å². The summed E-state index contributed by atoms with van der Waals surface area (Å²) in [4.78, 5) is 29.5. The summed E-state index contributed by atoms with van der Waals surface area (Å²) in [5.41, 5.74) is 0.745. The predicted molar refractivity (Wildman–Crippen MR) is 92.3 cm³/mol. The number of likely N-dealkylation sites (tertiary alicyclic amines) is 1. The zero-order valence-electron chi connectivity index (χ0n) is 13.1. The van der Waals surface area contributed by atoms with Gasteiger partial charge in [0.15, 0.2) is 5.13 Å². The SMILES string of the molecule is O=C(Nc1nc(CN2CCCCC2)cs1)c1ccccc1[N+](=O)[O-]. The molecule has 126 valence electrons. The molecule has 0 spiro atoms. The van der Waals surface area contributed by atoms with Crippen molar-refractivity contribution >= 4 is 28.1 Å². The minimum absolute atomic E-state index is 0.0373. The van der Waals surface area contributed by atoms with Gasteiger partial charge in [0.25, 0.3) is 11.6 Å². The van der Waals surface area contributed by atoms with Crippen LogP contribution in [-0.2, 0) is 6.54 Å². The predicted octanol–water partition coefficient (Wildman–Crippen LogP) is 3.29.